The lowest BCUT2D eigenvalue weighted by Crippen LogP contribution is -2.29. The van der Waals surface area contributed by atoms with Gasteiger partial charge in [-0.2, -0.15) is 0 Å². The van der Waals surface area contributed by atoms with Crippen LogP contribution in [-0.2, 0) is 13.5 Å². The Morgan fingerprint density at radius 2 is 2.15 bits per heavy atom. The second-order valence-electron chi connectivity index (χ2n) is 4.64. The van der Waals surface area contributed by atoms with Crippen LogP contribution in [-0.4, -0.2) is 9.55 Å². The molecule has 2 aromatic heterocycles. The van der Waals surface area contributed by atoms with Gasteiger partial charge in [-0.1, -0.05) is 23.7 Å². The first kappa shape index (κ1) is 13.6. The molecule has 0 aliphatic heterocycles. The monoisotopic (exact) mass is 306 g/mol. The molecule has 4 nitrogen and oxygen atoms in total. The fourth-order valence-electron chi connectivity index (χ4n) is 2.32. The second kappa shape index (κ2) is 5.54. The van der Waals surface area contributed by atoms with Crippen LogP contribution < -0.4 is 11.3 Å². The van der Waals surface area contributed by atoms with Crippen LogP contribution in [0.4, 0.5) is 0 Å². The topological polar surface area (TPSA) is 55.9 Å². The molecular formula is C14H15ClN4S. The van der Waals surface area contributed by atoms with Crippen LogP contribution >= 0.6 is 22.9 Å². The number of nitrogens with two attached hydrogens (primary N) is 1. The Bertz CT molecular complexity index is 734. The summed E-state index contributed by atoms with van der Waals surface area (Å²) in [6.07, 6.45) is 0.721. The Morgan fingerprint density at radius 1 is 1.35 bits per heavy atom. The molecular weight excluding hydrogens is 292 g/mol. The predicted molar refractivity (Wildman–Crippen MR) is 83.8 cm³/mol. The molecule has 2 heterocycles. The number of aromatic nitrogens is 2. The number of thiophene rings is 1. The fourth-order valence-corrected chi connectivity index (χ4v) is 3.44. The predicted octanol–water partition coefficient (Wildman–Crippen LogP) is 3.04. The highest BCUT2D eigenvalue weighted by Gasteiger charge is 2.17. The summed E-state index contributed by atoms with van der Waals surface area (Å²) in [7, 11) is 2.03. The molecule has 0 spiro atoms. The van der Waals surface area contributed by atoms with E-state index >= 15 is 0 Å². The van der Waals surface area contributed by atoms with Gasteiger partial charge in [0.2, 0.25) is 0 Å². The maximum atomic E-state index is 5.99. The zero-order chi connectivity index (χ0) is 14.1. The molecule has 0 saturated heterocycles. The van der Waals surface area contributed by atoms with Crippen molar-refractivity contribution >= 4 is 34.0 Å². The number of hydrogen-bond acceptors (Lipinski definition) is 4. The number of imidazole rings is 1. The largest absolute Gasteiger partial charge is 0.331 e. The molecule has 0 fully saturated rings. The van der Waals surface area contributed by atoms with Gasteiger partial charge in [0.05, 0.1) is 21.4 Å². The van der Waals surface area contributed by atoms with Gasteiger partial charge < -0.3 is 4.57 Å². The van der Waals surface area contributed by atoms with Crippen LogP contribution in [0.25, 0.3) is 11.0 Å². The summed E-state index contributed by atoms with van der Waals surface area (Å²) >= 11 is 7.53. The van der Waals surface area contributed by atoms with Crippen molar-refractivity contribution in [2.24, 2.45) is 12.9 Å². The van der Waals surface area contributed by atoms with Crippen LogP contribution in [0, 0.1) is 0 Å². The minimum Gasteiger partial charge on any atom is -0.331 e. The number of aryl methyl sites for hydroxylation is 1. The van der Waals surface area contributed by atoms with Gasteiger partial charge in [0.15, 0.2) is 0 Å². The molecule has 0 saturated carbocycles. The summed E-state index contributed by atoms with van der Waals surface area (Å²) in [4.78, 5) is 5.79. The quantitative estimate of drug-likeness (QED) is 0.575. The lowest BCUT2D eigenvalue weighted by Gasteiger charge is -2.13. The number of hydrogen-bond donors (Lipinski definition) is 2. The lowest BCUT2D eigenvalue weighted by atomic mass is 10.2. The van der Waals surface area contributed by atoms with E-state index in [2.05, 4.69) is 21.0 Å². The first-order chi connectivity index (χ1) is 9.69. The molecule has 20 heavy (non-hydrogen) atoms. The molecule has 104 valence electrons. The number of nitrogens with one attached hydrogen (secondary N) is 1. The molecule has 1 unspecified atom stereocenters. The lowest BCUT2D eigenvalue weighted by molar-refractivity contribution is 0.540. The first-order valence-corrected chi connectivity index (χ1v) is 7.50. The zero-order valence-corrected chi connectivity index (χ0v) is 12.6. The minimum absolute atomic E-state index is 0.0167. The van der Waals surface area contributed by atoms with Crippen molar-refractivity contribution in [1.82, 2.24) is 15.0 Å². The summed E-state index contributed by atoms with van der Waals surface area (Å²) in [6, 6.07) is 12.0. The normalized spacial score (nSPS) is 12.9. The number of halogens is 1. The Morgan fingerprint density at radius 3 is 2.80 bits per heavy atom. The maximum absolute atomic E-state index is 5.99. The van der Waals surface area contributed by atoms with E-state index in [1.165, 1.54) is 11.3 Å². The second-order valence-corrected chi connectivity index (χ2v) is 6.39. The van der Waals surface area contributed by atoms with Gasteiger partial charge in [-0.15, -0.1) is 11.3 Å². The summed E-state index contributed by atoms with van der Waals surface area (Å²) in [5.74, 6) is 6.68. The van der Waals surface area contributed by atoms with E-state index < -0.39 is 0 Å². The molecule has 6 heteroatoms. The molecule has 3 rings (SSSR count). The third kappa shape index (κ3) is 2.45. The van der Waals surface area contributed by atoms with E-state index in [0.717, 1.165) is 32.5 Å². The number of rotatable bonds is 4. The molecule has 3 aromatic rings. The summed E-state index contributed by atoms with van der Waals surface area (Å²) < 4.78 is 2.87. The molecule has 0 radical (unpaired) electrons. The number of hydrazine groups is 1. The molecule has 3 N–H and O–H groups in total. The minimum atomic E-state index is 0.0167. The van der Waals surface area contributed by atoms with Crippen molar-refractivity contribution in [1.29, 1.82) is 0 Å². The highest BCUT2D eigenvalue weighted by atomic mass is 35.5. The average Bonchev–Trinajstić information content (AvgIpc) is 3.01. The van der Waals surface area contributed by atoms with Gasteiger partial charge in [-0.3, -0.25) is 11.3 Å². The van der Waals surface area contributed by atoms with E-state index in [1.54, 1.807) is 0 Å². The van der Waals surface area contributed by atoms with Crippen LogP contribution in [0.3, 0.4) is 0 Å². The molecule has 0 bridgehead atoms. The van der Waals surface area contributed by atoms with E-state index in [9.17, 15) is 0 Å². The van der Waals surface area contributed by atoms with Crippen LogP contribution in [0.2, 0.25) is 4.34 Å². The maximum Gasteiger partial charge on any atom is 0.111 e. The Balaban J connectivity index is 1.93. The van der Waals surface area contributed by atoms with Gasteiger partial charge in [-0.05, 0) is 24.3 Å². The number of benzene rings is 1. The molecule has 0 aliphatic rings. The van der Waals surface area contributed by atoms with Crippen molar-refractivity contribution in [2.45, 2.75) is 12.5 Å². The van der Waals surface area contributed by atoms with E-state index in [1.807, 2.05) is 37.4 Å². The van der Waals surface area contributed by atoms with Crippen molar-refractivity contribution in [3.63, 3.8) is 0 Å². The highest BCUT2D eigenvalue weighted by Crippen LogP contribution is 2.29. The SMILES string of the molecule is Cn1c(CC(NN)c2ccc(Cl)s2)nc2ccccc21. The van der Waals surface area contributed by atoms with Gasteiger partial charge in [0.1, 0.15) is 5.82 Å². The summed E-state index contributed by atoms with van der Waals surface area (Å²) in [6.45, 7) is 0. The van der Waals surface area contributed by atoms with Crippen molar-refractivity contribution in [3.05, 3.63) is 51.4 Å². The molecule has 1 aromatic carbocycles. The molecule has 1 atom stereocenters. The highest BCUT2D eigenvalue weighted by molar-refractivity contribution is 7.16. The van der Waals surface area contributed by atoms with Crippen LogP contribution in [0.15, 0.2) is 36.4 Å². The first-order valence-electron chi connectivity index (χ1n) is 6.30. The van der Waals surface area contributed by atoms with Crippen molar-refractivity contribution < 1.29 is 0 Å². The Kier molecular flexibility index (Phi) is 3.76. The molecule has 0 aliphatic carbocycles. The standard InChI is InChI=1S/C14H15ClN4S/c1-19-11-5-3-2-4-9(11)17-14(19)8-10(18-16)12-6-7-13(15)20-12/h2-7,10,18H,8,16H2,1H3. The number of para-hydroxylation sites is 2. The van der Waals surface area contributed by atoms with Gasteiger partial charge in [0, 0.05) is 18.3 Å². The van der Waals surface area contributed by atoms with Crippen LogP contribution in [0.1, 0.15) is 16.7 Å². The zero-order valence-electron chi connectivity index (χ0n) is 11.0. The Labute approximate surface area is 126 Å². The van der Waals surface area contributed by atoms with Crippen LogP contribution in [0.5, 0.6) is 0 Å². The fraction of sp³-hybridized carbons (Fsp3) is 0.214. The third-order valence-electron chi connectivity index (χ3n) is 3.41. The van der Waals surface area contributed by atoms with E-state index in [4.69, 9.17) is 17.4 Å². The number of fused-ring (bicyclic) bond motifs is 1. The molecule has 0 amide bonds. The third-order valence-corrected chi connectivity index (χ3v) is 4.75. The van der Waals surface area contributed by atoms with Gasteiger partial charge in [0.25, 0.3) is 0 Å². The smallest absolute Gasteiger partial charge is 0.111 e. The van der Waals surface area contributed by atoms with Crippen molar-refractivity contribution in [2.75, 3.05) is 0 Å². The average molecular weight is 307 g/mol. The van der Waals surface area contributed by atoms with Crippen molar-refractivity contribution in [3.8, 4) is 0 Å². The van der Waals surface area contributed by atoms with Gasteiger partial charge in [-0.25, -0.2) is 4.98 Å². The number of nitrogens with zero attached hydrogens (tertiary/aromatic N) is 2. The summed E-state index contributed by atoms with van der Waals surface area (Å²) in [5.41, 5.74) is 4.98. The van der Waals surface area contributed by atoms with E-state index in [-0.39, 0.29) is 6.04 Å². The Hall–Kier alpha value is -1.40. The summed E-state index contributed by atoms with van der Waals surface area (Å²) in [5, 5.41) is 0. The van der Waals surface area contributed by atoms with E-state index in [0.29, 0.717) is 0 Å². The van der Waals surface area contributed by atoms with Gasteiger partial charge >= 0.3 is 0 Å².